The van der Waals surface area contributed by atoms with Gasteiger partial charge in [0, 0.05) is 9.80 Å². The lowest BCUT2D eigenvalue weighted by molar-refractivity contribution is 0.469. The molecule has 0 amide bonds. The largest absolute Gasteiger partial charge is 0.457 e. The highest BCUT2D eigenvalue weighted by atomic mass is 79.9. The minimum absolute atomic E-state index is 0.421. The van der Waals surface area contributed by atoms with Crippen molar-refractivity contribution in [1.82, 2.24) is 0 Å². The van der Waals surface area contributed by atoms with E-state index in [1.807, 2.05) is 18.2 Å². The maximum absolute atomic E-state index is 6.12. The molecule has 2 aromatic rings. The van der Waals surface area contributed by atoms with Crippen molar-refractivity contribution in [2.24, 2.45) is 0 Å². The van der Waals surface area contributed by atoms with Gasteiger partial charge in [0.15, 0.2) is 0 Å². The third-order valence-corrected chi connectivity index (χ3v) is 4.35. The lowest BCUT2D eigenvalue weighted by Crippen LogP contribution is -1.95. The van der Waals surface area contributed by atoms with Crippen LogP contribution in [0.25, 0.3) is 0 Å². The Morgan fingerprint density at radius 2 is 1.75 bits per heavy atom. The molecule has 2 rings (SSSR count). The van der Waals surface area contributed by atoms with Crippen molar-refractivity contribution < 1.29 is 4.74 Å². The predicted octanol–water partition coefficient (Wildman–Crippen LogP) is 6.57. The highest BCUT2D eigenvalue weighted by Crippen LogP contribution is 2.34. The molecule has 0 aliphatic carbocycles. The van der Waals surface area contributed by atoms with Crippen LogP contribution in [-0.2, 0) is 5.33 Å². The van der Waals surface area contributed by atoms with Gasteiger partial charge in [0.2, 0.25) is 0 Å². The van der Waals surface area contributed by atoms with Crippen LogP contribution in [0.2, 0.25) is 0 Å². The standard InChI is InChI=1S/C17H18Br2O/c1-11(2)15-9-14(19)5-7-17(15)20-16-6-4-13(10-18)8-12(16)3/h4-9,11H,10H2,1-3H3. The van der Waals surface area contributed by atoms with Crippen LogP contribution in [-0.4, -0.2) is 0 Å². The third-order valence-electron chi connectivity index (χ3n) is 3.21. The summed E-state index contributed by atoms with van der Waals surface area (Å²) in [7, 11) is 0. The Hall–Kier alpha value is -0.800. The van der Waals surface area contributed by atoms with E-state index in [2.05, 4.69) is 70.8 Å². The van der Waals surface area contributed by atoms with E-state index >= 15 is 0 Å². The average molecular weight is 398 g/mol. The molecule has 3 heteroatoms. The second-order valence-corrected chi connectivity index (χ2v) is 6.65. The Balaban J connectivity index is 2.35. The molecule has 0 radical (unpaired) electrons. The Bertz CT molecular complexity index is 606. The van der Waals surface area contributed by atoms with Gasteiger partial charge in [0.25, 0.3) is 0 Å². The van der Waals surface area contributed by atoms with Gasteiger partial charge in [-0.2, -0.15) is 0 Å². The monoisotopic (exact) mass is 396 g/mol. The van der Waals surface area contributed by atoms with Gasteiger partial charge in [-0.3, -0.25) is 0 Å². The molecule has 1 nitrogen and oxygen atoms in total. The Kier molecular flexibility index (Phi) is 5.28. The molecule has 0 heterocycles. The van der Waals surface area contributed by atoms with Crippen LogP contribution in [0.1, 0.15) is 36.5 Å². The zero-order chi connectivity index (χ0) is 14.7. The topological polar surface area (TPSA) is 9.23 Å². The summed E-state index contributed by atoms with van der Waals surface area (Å²) in [4.78, 5) is 0. The molecule has 0 aromatic heterocycles. The van der Waals surface area contributed by atoms with Crippen LogP contribution in [0.15, 0.2) is 40.9 Å². The zero-order valence-electron chi connectivity index (χ0n) is 11.9. The number of hydrogen-bond acceptors (Lipinski definition) is 1. The van der Waals surface area contributed by atoms with Crippen molar-refractivity contribution in [1.29, 1.82) is 0 Å². The Labute approximate surface area is 137 Å². The van der Waals surface area contributed by atoms with E-state index in [-0.39, 0.29) is 0 Å². The van der Waals surface area contributed by atoms with Crippen LogP contribution < -0.4 is 4.74 Å². The Morgan fingerprint density at radius 3 is 2.35 bits per heavy atom. The molecule has 2 aromatic carbocycles. The normalized spacial score (nSPS) is 10.9. The molecular weight excluding hydrogens is 380 g/mol. The molecule has 0 unspecified atom stereocenters. The van der Waals surface area contributed by atoms with Crippen LogP contribution in [0.3, 0.4) is 0 Å². The van der Waals surface area contributed by atoms with Crippen LogP contribution in [0.5, 0.6) is 11.5 Å². The van der Waals surface area contributed by atoms with Crippen molar-refractivity contribution >= 4 is 31.9 Å². The summed E-state index contributed by atoms with van der Waals surface area (Å²) in [6, 6.07) is 12.4. The van der Waals surface area contributed by atoms with Gasteiger partial charge in [-0.25, -0.2) is 0 Å². The average Bonchev–Trinajstić information content (AvgIpc) is 2.42. The van der Waals surface area contributed by atoms with Gasteiger partial charge in [-0.1, -0.05) is 57.8 Å². The summed E-state index contributed by atoms with van der Waals surface area (Å²) in [6.45, 7) is 6.43. The minimum atomic E-state index is 0.421. The number of alkyl halides is 1. The van der Waals surface area contributed by atoms with Gasteiger partial charge in [-0.15, -0.1) is 0 Å². The molecular formula is C17H18Br2O. The molecule has 0 fully saturated rings. The summed E-state index contributed by atoms with van der Waals surface area (Å²) in [6.07, 6.45) is 0. The smallest absolute Gasteiger partial charge is 0.130 e. The highest BCUT2D eigenvalue weighted by molar-refractivity contribution is 9.10. The summed E-state index contributed by atoms with van der Waals surface area (Å²) in [5, 5.41) is 0.865. The second kappa shape index (κ2) is 6.77. The van der Waals surface area contributed by atoms with Gasteiger partial charge < -0.3 is 4.74 Å². The lowest BCUT2D eigenvalue weighted by atomic mass is 10.0. The first-order valence-electron chi connectivity index (χ1n) is 6.64. The summed E-state index contributed by atoms with van der Waals surface area (Å²) in [5.41, 5.74) is 3.62. The van der Waals surface area contributed by atoms with E-state index in [0.29, 0.717) is 5.92 Å². The first kappa shape index (κ1) is 15.6. The number of halogens is 2. The van der Waals surface area contributed by atoms with Crippen molar-refractivity contribution in [2.45, 2.75) is 32.0 Å². The minimum Gasteiger partial charge on any atom is -0.457 e. The zero-order valence-corrected chi connectivity index (χ0v) is 15.1. The number of hydrogen-bond donors (Lipinski definition) is 0. The molecule has 0 N–H and O–H groups in total. The summed E-state index contributed by atoms with van der Waals surface area (Å²) >= 11 is 7.00. The number of ether oxygens (including phenoxy) is 1. The van der Waals surface area contributed by atoms with Crippen LogP contribution in [0, 0.1) is 6.92 Å². The van der Waals surface area contributed by atoms with E-state index in [1.165, 1.54) is 11.1 Å². The fourth-order valence-electron chi connectivity index (χ4n) is 2.09. The second-order valence-electron chi connectivity index (χ2n) is 5.17. The van der Waals surface area contributed by atoms with E-state index < -0.39 is 0 Å². The van der Waals surface area contributed by atoms with E-state index in [0.717, 1.165) is 26.9 Å². The van der Waals surface area contributed by atoms with Crippen molar-refractivity contribution in [3.05, 3.63) is 57.6 Å². The van der Waals surface area contributed by atoms with Crippen molar-refractivity contribution in [3.63, 3.8) is 0 Å². The van der Waals surface area contributed by atoms with E-state index in [4.69, 9.17) is 4.74 Å². The van der Waals surface area contributed by atoms with E-state index in [1.54, 1.807) is 0 Å². The molecule has 0 saturated heterocycles. The first-order valence-corrected chi connectivity index (χ1v) is 8.55. The molecule has 0 spiro atoms. The predicted molar refractivity (Wildman–Crippen MR) is 92.1 cm³/mol. The quantitative estimate of drug-likeness (QED) is 0.530. The molecule has 0 aliphatic heterocycles. The van der Waals surface area contributed by atoms with Gasteiger partial charge in [0.05, 0.1) is 0 Å². The number of aryl methyl sites for hydroxylation is 1. The lowest BCUT2D eigenvalue weighted by Gasteiger charge is -2.16. The summed E-state index contributed by atoms with van der Waals surface area (Å²) in [5.74, 6) is 2.27. The first-order chi connectivity index (χ1) is 9.51. The van der Waals surface area contributed by atoms with Gasteiger partial charge >= 0.3 is 0 Å². The third kappa shape index (κ3) is 3.64. The molecule has 20 heavy (non-hydrogen) atoms. The van der Waals surface area contributed by atoms with Crippen LogP contribution in [0.4, 0.5) is 0 Å². The SMILES string of the molecule is Cc1cc(CBr)ccc1Oc1ccc(Br)cc1C(C)C. The number of benzene rings is 2. The molecule has 0 saturated carbocycles. The van der Waals surface area contributed by atoms with Gasteiger partial charge in [-0.05, 0) is 53.8 Å². The molecule has 0 atom stereocenters. The summed E-state index contributed by atoms with van der Waals surface area (Å²) < 4.78 is 7.20. The molecule has 0 aliphatic rings. The Morgan fingerprint density at radius 1 is 1.05 bits per heavy atom. The highest BCUT2D eigenvalue weighted by Gasteiger charge is 2.11. The fraction of sp³-hybridized carbons (Fsp3) is 0.294. The molecule has 106 valence electrons. The van der Waals surface area contributed by atoms with Crippen molar-refractivity contribution in [3.8, 4) is 11.5 Å². The van der Waals surface area contributed by atoms with Crippen molar-refractivity contribution in [2.75, 3.05) is 0 Å². The van der Waals surface area contributed by atoms with Gasteiger partial charge in [0.1, 0.15) is 11.5 Å². The van der Waals surface area contributed by atoms with E-state index in [9.17, 15) is 0 Å². The number of rotatable bonds is 4. The maximum Gasteiger partial charge on any atom is 0.130 e. The fourth-order valence-corrected chi connectivity index (χ4v) is 2.82. The molecule has 0 bridgehead atoms. The maximum atomic E-state index is 6.12. The van der Waals surface area contributed by atoms with Crippen LogP contribution >= 0.6 is 31.9 Å².